The molecule has 1 aliphatic rings. The van der Waals surface area contributed by atoms with Crippen LogP contribution in [-0.4, -0.2) is 53.5 Å². The predicted molar refractivity (Wildman–Crippen MR) is 100 cm³/mol. The van der Waals surface area contributed by atoms with Gasteiger partial charge in [-0.15, -0.1) is 0 Å². The number of nitrogens with zero attached hydrogens (tertiary/aromatic N) is 4. The predicted octanol–water partition coefficient (Wildman–Crippen LogP) is 1.67. The molecule has 1 saturated heterocycles. The number of amides is 1. The lowest BCUT2D eigenvalue weighted by atomic mass is 10.1. The molecule has 144 valence electrons. The van der Waals surface area contributed by atoms with Crippen molar-refractivity contribution in [3.63, 3.8) is 0 Å². The van der Waals surface area contributed by atoms with Gasteiger partial charge in [-0.25, -0.2) is 0 Å². The zero-order valence-electron chi connectivity index (χ0n) is 15.6. The molecule has 1 atom stereocenters. The second kappa shape index (κ2) is 7.75. The van der Waals surface area contributed by atoms with E-state index in [1.807, 2.05) is 29.5 Å². The van der Waals surface area contributed by atoms with Gasteiger partial charge in [-0.1, -0.05) is 0 Å². The lowest BCUT2D eigenvalue weighted by Gasteiger charge is -2.34. The molecule has 3 rings (SSSR count). The first kappa shape index (κ1) is 18.8. The van der Waals surface area contributed by atoms with Gasteiger partial charge in [-0.05, 0) is 32.0 Å². The molecule has 0 bridgehead atoms. The van der Waals surface area contributed by atoms with E-state index in [-0.39, 0.29) is 23.3 Å². The van der Waals surface area contributed by atoms with Crippen molar-refractivity contribution < 1.29 is 14.5 Å². The van der Waals surface area contributed by atoms with Crippen LogP contribution in [-0.2, 0) is 11.3 Å². The monoisotopic (exact) mass is 373 g/mol. The van der Waals surface area contributed by atoms with E-state index in [4.69, 9.17) is 4.74 Å². The maximum Gasteiger partial charge on any atom is 0.293 e. The lowest BCUT2D eigenvalue weighted by molar-refractivity contribution is -0.384. The normalized spacial score (nSPS) is 17.0. The summed E-state index contributed by atoms with van der Waals surface area (Å²) >= 11 is 0. The Balaban J connectivity index is 1.82. The van der Waals surface area contributed by atoms with Crippen LogP contribution in [0.25, 0.3) is 0 Å². The highest BCUT2D eigenvalue weighted by Gasteiger charge is 2.27. The summed E-state index contributed by atoms with van der Waals surface area (Å²) in [7, 11) is 1.49. The van der Waals surface area contributed by atoms with Crippen molar-refractivity contribution >= 4 is 17.3 Å². The quantitative estimate of drug-likeness (QED) is 0.632. The average molecular weight is 373 g/mol. The molecule has 27 heavy (non-hydrogen) atoms. The van der Waals surface area contributed by atoms with Gasteiger partial charge >= 0.3 is 0 Å². The number of hydrogen-bond donors (Lipinski definition) is 1. The number of nitrogens with one attached hydrogen (secondary N) is 1. The van der Waals surface area contributed by atoms with E-state index in [1.165, 1.54) is 13.1 Å². The zero-order chi connectivity index (χ0) is 19.6. The Bertz CT molecular complexity index is 863. The van der Waals surface area contributed by atoms with E-state index in [9.17, 15) is 14.9 Å². The fourth-order valence-electron chi connectivity index (χ4n) is 3.32. The smallest absolute Gasteiger partial charge is 0.293 e. The summed E-state index contributed by atoms with van der Waals surface area (Å²) in [6.07, 6.45) is -0.130. The molecule has 9 heteroatoms. The summed E-state index contributed by atoms with van der Waals surface area (Å²) in [4.78, 5) is 24.8. The molecule has 1 aromatic heterocycles. The van der Waals surface area contributed by atoms with Gasteiger partial charge in [0.25, 0.3) is 11.6 Å². The fraction of sp³-hybridized carbons (Fsp3) is 0.444. The van der Waals surface area contributed by atoms with Crippen molar-refractivity contribution in [3.05, 3.63) is 51.3 Å². The van der Waals surface area contributed by atoms with Gasteiger partial charge < -0.3 is 15.0 Å². The number of hydrogen-bond acceptors (Lipinski definition) is 6. The number of carbonyl (C=O) groups is 1. The minimum Gasteiger partial charge on any atom is -0.373 e. The Hall–Kier alpha value is -2.94. The van der Waals surface area contributed by atoms with Crippen LogP contribution >= 0.6 is 0 Å². The molecule has 1 amide bonds. The first-order valence-electron chi connectivity index (χ1n) is 8.77. The maximum atomic E-state index is 11.8. The van der Waals surface area contributed by atoms with E-state index < -0.39 is 4.92 Å². The van der Waals surface area contributed by atoms with Gasteiger partial charge in [0.1, 0.15) is 5.69 Å². The number of carbonyl (C=O) groups excluding carboxylic acids is 1. The van der Waals surface area contributed by atoms with Crippen molar-refractivity contribution in [3.8, 4) is 0 Å². The van der Waals surface area contributed by atoms with E-state index in [0.29, 0.717) is 31.9 Å². The summed E-state index contributed by atoms with van der Waals surface area (Å²) < 4.78 is 7.74. The zero-order valence-corrected chi connectivity index (χ0v) is 15.6. The van der Waals surface area contributed by atoms with Gasteiger partial charge in [0.05, 0.1) is 29.9 Å². The summed E-state index contributed by atoms with van der Waals surface area (Å²) in [5, 5.41) is 18.5. The number of morpholine rings is 1. The Morgan fingerprint density at radius 1 is 1.41 bits per heavy atom. The molecule has 2 heterocycles. The third-order valence-corrected chi connectivity index (χ3v) is 4.62. The Morgan fingerprint density at radius 3 is 2.81 bits per heavy atom. The summed E-state index contributed by atoms with van der Waals surface area (Å²) in [5.41, 5.74) is 2.67. The Kier molecular flexibility index (Phi) is 5.41. The third kappa shape index (κ3) is 4.08. The molecule has 1 fully saturated rings. The van der Waals surface area contributed by atoms with Crippen LogP contribution in [0.4, 0.5) is 11.4 Å². The minimum absolute atomic E-state index is 0.0807. The second-order valence-corrected chi connectivity index (χ2v) is 6.59. The number of nitro benzene ring substituents is 1. The van der Waals surface area contributed by atoms with Gasteiger partial charge in [0, 0.05) is 37.5 Å². The number of aromatic nitrogens is 2. The highest BCUT2D eigenvalue weighted by Crippen LogP contribution is 2.30. The largest absolute Gasteiger partial charge is 0.373 e. The number of benzene rings is 1. The molecule has 1 N–H and O–H groups in total. The van der Waals surface area contributed by atoms with Crippen LogP contribution < -0.4 is 10.2 Å². The molecule has 0 spiro atoms. The number of aryl methyl sites for hydroxylation is 2. The molecule has 1 unspecified atom stereocenters. The van der Waals surface area contributed by atoms with Gasteiger partial charge in [-0.3, -0.25) is 19.6 Å². The van der Waals surface area contributed by atoms with Crippen LogP contribution in [0.15, 0.2) is 24.3 Å². The SMILES string of the molecule is CNC(=O)c1ccc(N2CCOC(Cn3nc(C)cc3C)C2)c([N+](=O)[O-])c1. The molecule has 1 aliphatic heterocycles. The number of anilines is 1. The Labute approximate surface area is 157 Å². The van der Waals surface area contributed by atoms with Crippen molar-refractivity contribution in [1.29, 1.82) is 0 Å². The van der Waals surface area contributed by atoms with Crippen LogP contribution in [0.1, 0.15) is 21.7 Å². The van der Waals surface area contributed by atoms with E-state index in [2.05, 4.69) is 10.4 Å². The summed E-state index contributed by atoms with van der Waals surface area (Å²) in [6.45, 7) is 6.04. The maximum absolute atomic E-state index is 11.8. The molecular formula is C18H23N5O4. The van der Waals surface area contributed by atoms with Crippen molar-refractivity contribution in [2.45, 2.75) is 26.5 Å². The van der Waals surface area contributed by atoms with E-state index >= 15 is 0 Å². The number of rotatable bonds is 5. The molecule has 0 saturated carbocycles. The van der Waals surface area contributed by atoms with Gasteiger partial charge in [-0.2, -0.15) is 5.10 Å². The standard InChI is InChI=1S/C18H23N5O4/c1-12-8-13(2)22(20-12)11-15-10-21(6-7-27-15)16-5-4-14(18(24)19-3)9-17(16)23(25)26/h4-5,8-9,15H,6-7,10-11H2,1-3H3,(H,19,24). The first-order valence-corrected chi connectivity index (χ1v) is 8.77. The minimum atomic E-state index is -0.451. The molecular weight excluding hydrogens is 350 g/mol. The summed E-state index contributed by atoms with van der Waals surface area (Å²) in [6, 6.07) is 6.56. The van der Waals surface area contributed by atoms with Crippen LogP contribution in [0.2, 0.25) is 0 Å². The van der Waals surface area contributed by atoms with Crippen LogP contribution in [0.3, 0.4) is 0 Å². The van der Waals surface area contributed by atoms with Gasteiger partial charge in [0.2, 0.25) is 0 Å². The van der Waals surface area contributed by atoms with Crippen molar-refractivity contribution in [2.75, 3.05) is 31.6 Å². The Morgan fingerprint density at radius 2 is 2.19 bits per heavy atom. The number of nitro groups is 1. The molecule has 0 radical (unpaired) electrons. The molecule has 9 nitrogen and oxygen atoms in total. The van der Waals surface area contributed by atoms with E-state index in [0.717, 1.165) is 11.4 Å². The molecule has 1 aromatic carbocycles. The second-order valence-electron chi connectivity index (χ2n) is 6.59. The lowest BCUT2D eigenvalue weighted by Crippen LogP contribution is -2.44. The molecule has 2 aromatic rings. The highest BCUT2D eigenvalue weighted by molar-refractivity contribution is 5.95. The van der Waals surface area contributed by atoms with Crippen LogP contribution in [0.5, 0.6) is 0 Å². The molecule has 0 aliphatic carbocycles. The fourth-order valence-corrected chi connectivity index (χ4v) is 3.32. The van der Waals surface area contributed by atoms with Gasteiger partial charge in [0.15, 0.2) is 0 Å². The highest BCUT2D eigenvalue weighted by atomic mass is 16.6. The number of ether oxygens (including phenoxy) is 1. The topological polar surface area (TPSA) is 103 Å². The van der Waals surface area contributed by atoms with E-state index in [1.54, 1.807) is 12.1 Å². The van der Waals surface area contributed by atoms with Crippen LogP contribution in [0, 0.1) is 24.0 Å². The third-order valence-electron chi connectivity index (χ3n) is 4.62. The summed E-state index contributed by atoms with van der Waals surface area (Å²) in [5.74, 6) is -0.353. The van der Waals surface area contributed by atoms with Crippen molar-refractivity contribution in [1.82, 2.24) is 15.1 Å². The van der Waals surface area contributed by atoms with Crippen molar-refractivity contribution in [2.24, 2.45) is 0 Å². The first-order chi connectivity index (χ1) is 12.9. The average Bonchev–Trinajstić information content (AvgIpc) is 2.97.